The van der Waals surface area contributed by atoms with Crippen LogP contribution in [0.2, 0.25) is 0 Å². The van der Waals surface area contributed by atoms with Crippen LogP contribution in [-0.4, -0.2) is 19.4 Å². The maximum Gasteiger partial charge on any atom is 0.132 e. The molecule has 1 aromatic carbocycles. The molecule has 3 heteroatoms. The molecule has 0 saturated heterocycles. The molecule has 0 fully saturated rings. The van der Waals surface area contributed by atoms with Crippen molar-refractivity contribution in [1.29, 1.82) is 0 Å². The van der Waals surface area contributed by atoms with Crippen LogP contribution in [0.5, 0.6) is 5.75 Å². The molecule has 13 heavy (non-hydrogen) atoms. The van der Waals surface area contributed by atoms with Crippen molar-refractivity contribution in [2.45, 2.75) is 11.3 Å². The van der Waals surface area contributed by atoms with Gasteiger partial charge in [0.15, 0.2) is 0 Å². The van der Waals surface area contributed by atoms with Crippen molar-refractivity contribution in [3.05, 3.63) is 24.3 Å². The molecule has 0 saturated carbocycles. The number of hydrogen-bond acceptors (Lipinski definition) is 3. The molecule has 1 aromatic rings. The van der Waals surface area contributed by atoms with Gasteiger partial charge in [0.2, 0.25) is 0 Å². The minimum atomic E-state index is 0.682. The summed E-state index contributed by atoms with van der Waals surface area (Å²) in [5, 5.41) is 0. The molecule has 0 bridgehead atoms. The molecule has 0 aliphatic heterocycles. The Kier molecular flexibility index (Phi) is 4.72. The summed E-state index contributed by atoms with van der Waals surface area (Å²) in [5.74, 6) is 0.962. The van der Waals surface area contributed by atoms with Gasteiger partial charge in [-0.1, -0.05) is 12.1 Å². The van der Waals surface area contributed by atoms with E-state index in [1.807, 2.05) is 24.5 Å². The van der Waals surface area contributed by atoms with Gasteiger partial charge in [-0.3, -0.25) is 0 Å². The van der Waals surface area contributed by atoms with E-state index in [2.05, 4.69) is 6.07 Å². The highest BCUT2D eigenvalue weighted by molar-refractivity contribution is 7.98. The predicted molar refractivity (Wildman–Crippen MR) is 57.4 cm³/mol. The van der Waals surface area contributed by atoms with Gasteiger partial charge in [0.25, 0.3) is 0 Å². The van der Waals surface area contributed by atoms with E-state index in [0.29, 0.717) is 13.2 Å². The molecule has 0 heterocycles. The Balaban J connectivity index is 2.54. The van der Waals surface area contributed by atoms with E-state index in [4.69, 9.17) is 10.5 Å². The fraction of sp³-hybridized carbons (Fsp3) is 0.400. The Morgan fingerprint density at radius 2 is 2.15 bits per heavy atom. The van der Waals surface area contributed by atoms with Crippen LogP contribution in [0.3, 0.4) is 0 Å². The Hall–Kier alpha value is -0.670. The van der Waals surface area contributed by atoms with Crippen molar-refractivity contribution >= 4 is 11.8 Å². The van der Waals surface area contributed by atoms with Crippen molar-refractivity contribution in [2.24, 2.45) is 5.73 Å². The monoisotopic (exact) mass is 197 g/mol. The van der Waals surface area contributed by atoms with Crippen LogP contribution in [-0.2, 0) is 0 Å². The molecule has 0 radical (unpaired) electrons. The number of thioether (sulfide) groups is 1. The second-order valence-electron chi connectivity index (χ2n) is 2.64. The van der Waals surface area contributed by atoms with E-state index >= 15 is 0 Å². The largest absolute Gasteiger partial charge is 0.492 e. The molecule has 2 nitrogen and oxygen atoms in total. The van der Waals surface area contributed by atoms with Gasteiger partial charge in [0.1, 0.15) is 5.75 Å². The molecule has 72 valence electrons. The maximum absolute atomic E-state index is 5.57. The second kappa shape index (κ2) is 5.89. The average molecular weight is 197 g/mol. The highest BCUT2D eigenvalue weighted by Crippen LogP contribution is 2.26. The molecule has 0 spiro atoms. The zero-order valence-corrected chi connectivity index (χ0v) is 8.64. The van der Waals surface area contributed by atoms with Gasteiger partial charge in [-0.05, 0) is 31.4 Å². The van der Waals surface area contributed by atoms with Gasteiger partial charge in [0.05, 0.1) is 6.61 Å². The predicted octanol–water partition coefficient (Wildman–Crippen LogP) is 2.14. The van der Waals surface area contributed by atoms with Crippen molar-refractivity contribution < 1.29 is 4.74 Å². The summed E-state index contributed by atoms with van der Waals surface area (Å²) in [6.07, 6.45) is 2.95. The topological polar surface area (TPSA) is 35.2 Å². The van der Waals surface area contributed by atoms with E-state index in [-0.39, 0.29) is 0 Å². The van der Waals surface area contributed by atoms with Crippen LogP contribution in [0.4, 0.5) is 0 Å². The first-order valence-electron chi connectivity index (χ1n) is 4.34. The fourth-order valence-electron chi connectivity index (χ4n) is 1.00. The first kappa shape index (κ1) is 10.4. The van der Waals surface area contributed by atoms with E-state index < -0.39 is 0 Å². The van der Waals surface area contributed by atoms with Crippen LogP contribution in [0, 0.1) is 0 Å². The zero-order chi connectivity index (χ0) is 9.52. The Morgan fingerprint density at radius 1 is 1.38 bits per heavy atom. The molecule has 0 aliphatic rings. The summed E-state index contributed by atoms with van der Waals surface area (Å²) in [4.78, 5) is 1.18. The molecule has 0 aliphatic carbocycles. The summed E-state index contributed by atoms with van der Waals surface area (Å²) < 4.78 is 5.57. The first-order valence-corrected chi connectivity index (χ1v) is 5.57. The van der Waals surface area contributed by atoms with Crippen LogP contribution < -0.4 is 10.5 Å². The molecular weight excluding hydrogens is 182 g/mol. The molecule has 0 aromatic heterocycles. The summed E-state index contributed by atoms with van der Waals surface area (Å²) >= 11 is 1.70. The van der Waals surface area contributed by atoms with Crippen LogP contribution in [0.1, 0.15) is 6.42 Å². The molecule has 0 unspecified atom stereocenters. The van der Waals surface area contributed by atoms with Crippen molar-refractivity contribution in [3.63, 3.8) is 0 Å². The van der Waals surface area contributed by atoms with Gasteiger partial charge in [0, 0.05) is 4.90 Å². The number of para-hydroxylation sites is 1. The van der Waals surface area contributed by atoms with Crippen molar-refractivity contribution in [2.75, 3.05) is 19.4 Å². The van der Waals surface area contributed by atoms with Gasteiger partial charge < -0.3 is 10.5 Å². The number of hydrogen-bond donors (Lipinski definition) is 1. The van der Waals surface area contributed by atoms with Gasteiger partial charge >= 0.3 is 0 Å². The summed E-state index contributed by atoms with van der Waals surface area (Å²) in [7, 11) is 0. The Bertz CT molecular complexity index is 252. The minimum absolute atomic E-state index is 0.682. The third-order valence-electron chi connectivity index (χ3n) is 1.68. The van der Waals surface area contributed by atoms with E-state index in [1.54, 1.807) is 11.8 Å². The minimum Gasteiger partial charge on any atom is -0.492 e. The van der Waals surface area contributed by atoms with E-state index in [9.17, 15) is 0 Å². The van der Waals surface area contributed by atoms with E-state index in [0.717, 1.165) is 12.2 Å². The smallest absolute Gasteiger partial charge is 0.132 e. The van der Waals surface area contributed by atoms with Gasteiger partial charge in [-0.2, -0.15) is 0 Å². The SMILES string of the molecule is CSc1ccccc1OCCCN. The summed E-state index contributed by atoms with van der Waals surface area (Å²) in [6, 6.07) is 8.05. The lowest BCUT2D eigenvalue weighted by molar-refractivity contribution is 0.306. The van der Waals surface area contributed by atoms with E-state index in [1.165, 1.54) is 4.90 Å². The average Bonchev–Trinajstić information content (AvgIpc) is 2.19. The second-order valence-corrected chi connectivity index (χ2v) is 3.49. The highest BCUT2D eigenvalue weighted by atomic mass is 32.2. The maximum atomic E-state index is 5.57. The molecule has 0 atom stereocenters. The number of benzene rings is 1. The number of rotatable bonds is 5. The summed E-state index contributed by atoms with van der Waals surface area (Å²) in [6.45, 7) is 1.38. The molecule has 1 rings (SSSR count). The third kappa shape index (κ3) is 3.28. The van der Waals surface area contributed by atoms with Crippen LogP contribution in [0.25, 0.3) is 0 Å². The van der Waals surface area contributed by atoms with Crippen molar-refractivity contribution in [3.8, 4) is 5.75 Å². The lowest BCUT2D eigenvalue weighted by Crippen LogP contribution is -2.06. The standard InChI is InChI=1S/C10H15NOS/c1-13-10-6-3-2-5-9(10)12-8-4-7-11/h2-3,5-6H,4,7-8,11H2,1H3. The zero-order valence-electron chi connectivity index (χ0n) is 7.82. The number of nitrogens with two attached hydrogens (primary N) is 1. The normalized spacial score (nSPS) is 10.0. The molecule has 0 amide bonds. The quantitative estimate of drug-likeness (QED) is 0.580. The highest BCUT2D eigenvalue weighted by Gasteiger charge is 1.99. The van der Waals surface area contributed by atoms with Gasteiger partial charge in [-0.15, -0.1) is 11.8 Å². The van der Waals surface area contributed by atoms with Crippen molar-refractivity contribution in [1.82, 2.24) is 0 Å². The lowest BCUT2D eigenvalue weighted by atomic mass is 10.3. The first-order chi connectivity index (χ1) is 6.38. The summed E-state index contributed by atoms with van der Waals surface area (Å²) in [5.41, 5.74) is 5.38. The number of ether oxygens (including phenoxy) is 1. The molecule has 2 N–H and O–H groups in total. The fourth-order valence-corrected chi connectivity index (χ4v) is 1.55. The van der Waals surface area contributed by atoms with Crippen LogP contribution >= 0.6 is 11.8 Å². The third-order valence-corrected chi connectivity index (χ3v) is 2.45. The molecular formula is C10H15NOS. The van der Waals surface area contributed by atoms with Gasteiger partial charge in [-0.25, -0.2) is 0 Å². The lowest BCUT2D eigenvalue weighted by Gasteiger charge is -2.08. The Morgan fingerprint density at radius 3 is 2.85 bits per heavy atom. The Labute approximate surface area is 83.5 Å². The van der Waals surface area contributed by atoms with Crippen LogP contribution in [0.15, 0.2) is 29.2 Å².